The van der Waals surface area contributed by atoms with E-state index in [1.165, 1.54) is 6.07 Å². The number of furan rings is 1. The number of benzene rings is 1. The Morgan fingerprint density at radius 3 is 2.71 bits per heavy atom. The molecule has 0 fully saturated rings. The van der Waals surface area contributed by atoms with E-state index >= 15 is 0 Å². The van der Waals surface area contributed by atoms with Gasteiger partial charge in [-0.2, -0.15) is 0 Å². The fraction of sp³-hybridized carbons (Fsp3) is 0.0833. The molecule has 0 spiro atoms. The summed E-state index contributed by atoms with van der Waals surface area (Å²) in [5.41, 5.74) is 0.845. The molecule has 0 atom stereocenters. The van der Waals surface area contributed by atoms with Crippen molar-refractivity contribution >= 4 is 33.5 Å². The number of rotatable bonds is 2. The van der Waals surface area contributed by atoms with Crippen LogP contribution in [0.4, 0.5) is 0 Å². The van der Waals surface area contributed by atoms with E-state index in [4.69, 9.17) is 20.8 Å². The van der Waals surface area contributed by atoms with Crippen molar-refractivity contribution in [1.82, 2.24) is 0 Å². The molecule has 0 bridgehead atoms. The van der Waals surface area contributed by atoms with Crippen LogP contribution in [0.1, 0.15) is 16.1 Å². The molecule has 0 saturated heterocycles. The third-order valence-electron chi connectivity index (χ3n) is 2.11. The first-order valence-electron chi connectivity index (χ1n) is 4.80. The highest BCUT2D eigenvalue weighted by atomic mass is 79.9. The summed E-state index contributed by atoms with van der Waals surface area (Å²) in [6, 6.07) is 8.17. The summed E-state index contributed by atoms with van der Waals surface area (Å²) in [6.45, 7) is 1.84. The van der Waals surface area contributed by atoms with Crippen LogP contribution in [-0.2, 0) is 0 Å². The molecule has 5 heteroatoms. The second-order valence-electron chi connectivity index (χ2n) is 3.40. The van der Waals surface area contributed by atoms with Gasteiger partial charge in [-0.3, -0.25) is 0 Å². The van der Waals surface area contributed by atoms with Crippen LogP contribution in [0, 0.1) is 6.92 Å². The first-order chi connectivity index (χ1) is 8.06. The Labute approximate surface area is 111 Å². The molecule has 2 rings (SSSR count). The Hall–Kier alpha value is -1.26. The van der Waals surface area contributed by atoms with Crippen LogP contribution in [-0.4, -0.2) is 5.97 Å². The van der Waals surface area contributed by atoms with Gasteiger partial charge < -0.3 is 9.15 Å². The van der Waals surface area contributed by atoms with E-state index in [9.17, 15) is 4.79 Å². The van der Waals surface area contributed by atoms with Crippen molar-refractivity contribution in [3.63, 3.8) is 0 Å². The number of esters is 1. The van der Waals surface area contributed by atoms with Gasteiger partial charge in [0.2, 0.25) is 5.76 Å². The van der Waals surface area contributed by atoms with Gasteiger partial charge in [0.05, 0.1) is 0 Å². The van der Waals surface area contributed by atoms with Crippen LogP contribution < -0.4 is 4.74 Å². The number of hydrogen-bond donors (Lipinski definition) is 0. The minimum absolute atomic E-state index is 0.143. The van der Waals surface area contributed by atoms with E-state index < -0.39 is 5.97 Å². The second kappa shape index (κ2) is 4.94. The van der Waals surface area contributed by atoms with Crippen LogP contribution >= 0.6 is 27.5 Å². The third kappa shape index (κ3) is 2.90. The minimum Gasteiger partial charge on any atom is -0.442 e. The Kier molecular flexibility index (Phi) is 3.54. The van der Waals surface area contributed by atoms with Gasteiger partial charge in [0.25, 0.3) is 0 Å². The average molecular weight is 316 g/mol. The molecule has 2 aromatic rings. The van der Waals surface area contributed by atoms with Crippen molar-refractivity contribution < 1.29 is 13.9 Å². The normalized spacial score (nSPS) is 10.3. The summed E-state index contributed by atoms with van der Waals surface area (Å²) in [4.78, 5) is 11.7. The lowest BCUT2D eigenvalue weighted by Crippen LogP contribution is -2.07. The highest BCUT2D eigenvalue weighted by Gasteiger charge is 2.13. The number of ether oxygens (including phenoxy) is 1. The fourth-order valence-corrected chi connectivity index (χ4v) is 1.69. The van der Waals surface area contributed by atoms with Gasteiger partial charge in [0.1, 0.15) is 5.75 Å². The van der Waals surface area contributed by atoms with E-state index in [0.29, 0.717) is 15.4 Å². The maximum Gasteiger partial charge on any atom is 0.379 e. The van der Waals surface area contributed by atoms with Crippen molar-refractivity contribution in [2.24, 2.45) is 0 Å². The standard InChI is InChI=1S/C12H8BrClO3/c1-7-6-8(2-3-9(7)14)16-12(15)10-4-5-11(13)17-10/h2-6H,1H3. The predicted octanol–water partition coefficient (Wildman–Crippen LogP) is 4.22. The predicted molar refractivity (Wildman–Crippen MR) is 67.6 cm³/mol. The molecule has 0 aliphatic carbocycles. The summed E-state index contributed by atoms with van der Waals surface area (Å²) >= 11 is 8.99. The molecule has 0 N–H and O–H groups in total. The van der Waals surface area contributed by atoms with Crippen LogP contribution in [0.15, 0.2) is 39.4 Å². The summed E-state index contributed by atoms with van der Waals surface area (Å²) in [7, 11) is 0. The smallest absolute Gasteiger partial charge is 0.379 e. The van der Waals surface area contributed by atoms with Crippen LogP contribution in [0.3, 0.4) is 0 Å². The van der Waals surface area contributed by atoms with Gasteiger partial charge in [-0.15, -0.1) is 0 Å². The van der Waals surface area contributed by atoms with Crippen molar-refractivity contribution in [1.29, 1.82) is 0 Å². The molecule has 3 nitrogen and oxygen atoms in total. The zero-order chi connectivity index (χ0) is 12.4. The Bertz CT molecular complexity index is 563. The summed E-state index contributed by atoms with van der Waals surface area (Å²) in [6.07, 6.45) is 0. The monoisotopic (exact) mass is 314 g/mol. The van der Waals surface area contributed by atoms with Crippen molar-refractivity contribution in [3.8, 4) is 5.75 Å². The van der Waals surface area contributed by atoms with Crippen molar-refractivity contribution in [3.05, 3.63) is 51.3 Å². The summed E-state index contributed by atoms with van der Waals surface area (Å²) < 4.78 is 10.7. The first-order valence-corrected chi connectivity index (χ1v) is 5.97. The number of carbonyl (C=O) groups is 1. The van der Waals surface area contributed by atoms with E-state index in [2.05, 4.69) is 15.9 Å². The number of aryl methyl sites for hydroxylation is 1. The molecule has 17 heavy (non-hydrogen) atoms. The van der Waals surface area contributed by atoms with Crippen LogP contribution in [0.2, 0.25) is 5.02 Å². The molecular weight excluding hydrogens is 307 g/mol. The number of halogens is 2. The molecule has 0 saturated carbocycles. The van der Waals surface area contributed by atoms with Gasteiger partial charge in [0, 0.05) is 5.02 Å². The molecule has 0 radical (unpaired) electrons. The topological polar surface area (TPSA) is 39.4 Å². The van der Waals surface area contributed by atoms with Crippen molar-refractivity contribution in [2.75, 3.05) is 0 Å². The molecular formula is C12H8BrClO3. The van der Waals surface area contributed by atoms with Crippen molar-refractivity contribution in [2.45, 2.75) is 6.92 Å². The number of hydrogen-bond acceptors (Lipinski definition) is 3. The Morgan fingerprint density at radius 2 is 2.12 bits per heavy atom. The maximum absolute atomic E-state index is 11.7. The van der Waals surface area contributed by atoms with E-state index in [-0.39, 0.29) is 5.76 Å². The lowest BCUT2D eigenvalue weighted by molar-refractivity contribution is 0.0700. The van der Waals surface area contributed by atoms with Gasteiger partial charge in [0.15, 0.2) is 4.67 Å². The SMILES string of the molecule is Cc1cc(OC(=O)c2ccc(Br)o2)ccc1Cl. The van der Waals surface area contributed by atoms with Gasteiger partial charge in [-0.1, -0.05) is 11.6 Å². The molecule has 1 heterocycles. The van der Waals surface area contributed by atoms with Gasteiger partial charge >= 0.3 is 5.97 Å². The first kappa shape index (κ1) is 12.2. The molecule has 0 aliphatic heterocycles. The molecule has 0 unspecified atom stereocenters. The van der Waals surface area contributed by atoms with Crippen LogP contribution in [0.5, 0.6) is 5.75 Å². The maximum atomic E-state index is 11.7. The third-order valence-corrected chi connectivity index (χ3v) is 2.96. The molecule has 1 aromatic carbocycles. The fourth-order valence-electron chi connectivity index (χ4n) is 1.26. The average Bonchev–Trinajstić information content (AvgIpc) is 2.70. The second-order valence-corrected chi connectivity index (χ2v) is 4.59. The zero-order valence-electron chi connectivity index (χ0n) is 8.87. The minimum atomic E-state index is -0.544. The Morgan fingerprint density at radius 1 is 1.35 bits per heavy atom. The highest BCUT2D eigenvalue weighted by molar-refractivity contribution is 9.10. The highest BCUT2D eigenvalue weighted by Crippen LogP contribution is 2.22. The van der Waals surface area contributed by atoms with E-state index in [0.717, 1.165) is 5.56 Å². The van der Waals surface area contributed by atoms with Gasteiger partial charge in [-0.05, 0) is 58.7 Å². The summed E-state index contributed by atoms with van der Waals surface area (Å²) in [5.74, 6) is 0.0336. The van der Waals surface area contributed by atoms with Gasteiger partial charge in [-0.25, -0.2) is 4.79 Å². The number of carbonyl (C=O) groups excluding carboxylic acids is 1. The quantitative estimate of drug-likeness (QED) is 0.615. The zero-order valence-corrected chi connectivity index (χ0v) is 11.2. The lowest BCUT2D eigenvalue weighted by atomic mass is 10.2. The summed E-state index contributed by atoms with van der Waals surface area (Å²) in [5, 5.41) is 0.630. The largest absolute Gasteiger partial charge is 0.442 e. The van der Waals surface area contributed by atoms with E-state index in [1.54, 1.807) is 24.3 Å². The Balaban J connectivity index is 2.15. The molecule has 0 amide bonds. The van der Waals surface area contributed by atoms with E-state index in [1.807, 2.05) is 6.92 Å². The molecule has 1 aromatic heterocycles. The molecule has 88 valence electrons. The lowest BCUT2D eigenvalue weighted by Gasteiger charge is -2.04. The van der Waals surface area contributed by atoms with Crippen LogP contribution in [0.25, 0.3) is 0 Å². The molecule has 0 aliphatic rings.